The average molecular weight is 282 g/mol. The van der Waals surface area contributed by atoms with Crippen LogP contribution >= 0.6 is 11.3 Å². The zero-order chi connectivity index (χ0) is 13.8. The Morgan fingerprint density at radius 1 is 1.58 bits per heavy atom. The number of ether oxygens (including phenoxy) is 1. The van der Waals surface area contributed by atoms with Gasteiger partial charge in [0.2, 0.25) is 0 Å². The van der Waals surface area contributed by atoms with Gasteiger partial charge in [0.15, 0.2) is 10.9 Å². The topological polar surface area (TPSA) is 42.4 Å². The van der Waals surface area contributed by atoms with E-state index in [9.17, 15) is 4.79 Å². The van der Waals surface area contributed by atoms with Gasteiger partial charge >= 0.3 is 0 Å². The molecule has 1 aliphatic heterocycles. The summed E-state index contributed by atoms with van der Waals surface area (Å²) in [5.41, 5.74) is 0.851. The van der Waals surface area contributed by atoms with Gasteiger partial charge < -0.3 is 9.64 Å². The van der Waals surface area contributed by atoms with Crippen molar-refractivity contribution in [2.75, 3.05) is 24.6 Å². The van der Waals surface area contributed by atoms with Crippen LogP contribution in [0.3, 0.4) is 0 Å². The summed E-state index contributed by atoms with van der Waals surface area (Å²) in [6.45, 7) is 8.37. The third-order valence-electron chi connectivity index (χ3n) is 3.31. The van der Waals surface area contributed by atoms with Gasteiger partial charge in [-0.25, -0.2) is 4.98 Å². The van der Waals surface area contributed by atoms with E-state index in [1.807, 2.05) is 6.92 Å². The standard InChI is InChI=1S/C14H22N2O2S/c1-4-8-18-12-6-5-7-16(9-12)14-15-10(2)13(19-14)11(3)17/h12H,4-9H2,1-3H3. The van der Waals surface area contributed by atoms with Crippen molar-refractivity contribution in [3.05, 3.63) is 10.6 Å². The first kappa shape index (κ1) is 14.5. The number of anilines is 1. The van der Waals surface area contributed by atoms with Gasteiger partial charge in [-0.2, -0.15) is 0 Å². The summed E-state index contributed by atoms with van der Waals surface area (Å²) in [6.07, 6.45) is 3.61. The average Bonchev–Trinajstić information content (AvgIpc) is 2.79. The maximum absolute atomic E-state index is 11.5. The molecule has 1 saturated heterocycles. The Morgan fingerprint density at radius 3 is 3.00 bits per heavy atom. The molecule has 19 heavy (non-hydrogen) atoms. The van der Waals surface area contributed by atoms with Gasteiger partial charge in [0, 0.05) is 26.6 Å². The highest BCUT2D eigenvalue weighted by atomic mass is 32.1. The fraction of sp³-hybridized carbons (Fsp3) is 0.714. The number of ketones is 1. The van der Waals surface area contributed by atoms with Crippen LogP contribution in [0.2, 0.25) is 0 Å². The molecule has 4 nitrogen and oxygen atoms in total. The van der Waals surface area contributed by atoms with Crippen molar-refractivity contribution in [3.63, 3.8) is 0 Å². The number of Topliss-reactive ketones (excluding diaryl/α,β-unsaturated/α-hetero) is 1. The van der Waals surface area contributed by atoms with Crippen LogP contribution in [-0.4, -0.2) is 36.6 Å². The van der Waals surface area contributed by atoms with Crippen LogP contribution in [0.4, 0.5) is 5.13 Å². The molecule has 0 radical (unpaired) electrons. The second kappa shape index (κ2) is 6.48. The predicted molar refractivity (Wildman–Crippen MR) is 78.3 cm³/mol. The molecule has 1 fully saturated rings. The monoisotopic (exact) mass is 282 g/mol. The van der Waals surface area contributed by atoms with Gasteiger partial charge in [-0.05, 0) is 26.2 Å². The van der Waals surface area contributed by atoms with E-state index in [4.69, 9.17) is 4.74 Å². The van der Waals surface area contributed by atoms with Gasteiger partial charge in [-0.15, -0.1) is 0 Å². The molecule has 5 heteroatoms. The first-order chi connectivity index (χ1) is 9.11. The Bertz CT molecular complexity index is 445. The molecular formula is C14H22N2O2S. The Balaban J connectivity index is 2.04. The summed E-state index contributed by atoms with van der Waals surface area (Å²) < 4.78 is 5.84. The van der Waals surface area contributed by atoms with Gasteiger partial charge in [0.05, 0.1) is 16.7 Å². The number of nitrogens with zero attached hydrogens (tertiary/aromatic N) is 2. The van der Waals surface area contributed by atoms with Crippen molar-refractivity contribution in [2.45, 2.75) is 46.1 Å². The number of aryl methyl sites for hydroxylation is 1. The third-order valence-corrected chi connectivity index (χ3v) is 4.63. The van der Waals surface area contributed by atoms with E-state index in [2.05, 4.69) is 16.8 Å². The number of thiazole rings is 1. The predicted octanol–water partition coefficient (Wildman–Crippen LogP) is 3.05. The molecule has 2 rings (SSSR count). The lowest BCUT2D eigenvalue weighted by molar-refractivity contribution is 0.0440. The third kappa shape index (κ3) is 3.54. The molecule has 1 atom stereocenters. The Labute approximate surface area is 118 Å². The van der Waals surface area contributed by atoms with Crippen LogP contribution in [0.1, 0.15) is 48.5 Å². The van der Waals surface area contributed by atoms with E-state index in [0.717, 1.165) is 54.7 Å². The van der Waals surface area contributed by atoms with E-state index in [1.54, 1.807) is 6.92 Å². The van der Waals surface area contributed by atoms with Gasteiger partial charge in [-0.1, -0.05) is 18.3 Å². The summed E-state index contributed by atoms with van der Waals surface area (Å²) in [4.78, 5) is 19.1. The molecule has 0 aromatic carbocycles. The second-order valence-corrected chi connectivity index (χ2v) is 6.03. The molecule has 0 spiro atoms. The molecule has 2 heterocycles. The summed E-state index contributed by atoms with van der Waals surface area (Å²) in [5.74, 6) is 0.108. The SMILES string of the molecule is CCCOC1CCCN(c2nc(C)c(C(C)=O)s2)C1. The molecule has 1 aromatic rings. The van der Waals surface area contributed by atoms with Gasteiger partial charge in [-0.3, -0.25) is 4.79 Å². The van der Waals surface area contributed by atoms with Crippen LogP contribution in [0.25, 0.3) is 0 Å². The first-order valence-corrected chi connectivity index (χ1v) is 7.78. The Kier molecular flexibility index (Phi) is 4.93. The molecular weight excluding hydrogens is 260 g/mol. The molecule has 1 unspecified atom stereocenters. The molecule has 0 saturated carbocycles. The highest BCUT2D eigenvalue weighted by Gasteiger charge is 2.23. The minimum absolute atomic E-state index is 0.108. The van der Waals surface area contributed by atoms with Gasteiger partial charge in [0.25, 0.3) is 0 Å². The maximum atomic E-state index is 11.5. The number of rotatable bonds is 5. The normalized spacial score (nSPS) is 19.7. The number of aromatic nitrogens is 1. The maximum Gasteiger partial charge on any atom is 0.186 e. The van der Waals surface area contributed by atoms with E-state index in [1.165, 1.54) is 11.3 Å². The number of hydrogen-bond donors (Lipinski definition) is 0. The van der Waals surface area contributed by atoms with Crippen LogP contribution in [0.5, 0.6) is 0 Å². The smallest absolute Gasteiger partial charge is 0.186 e. The molecule has 1 aromatic heterocycles. The first-order valence-electron chi connectivity index (χ1n) is 6.96. The summed E-state index contributed by atoms with van der Waals surface area (Å²) in [6, 6.07) is 0. The second-order valence-electron chi connectivity index (χ2n) is 5.05. The molecule has 106 valence electrons. The zero-order valence-electron chi connectivity index (χ0n) is 11.9. The van der Waals surface area contributed by atoms with Crippen LogP contribution in [-0.2, 0) is 4.74 Å². The van der Waals surface area contributed by atoms with Crippen LogP contribution in [0.15, 0.2) is 0 Å². The number of carbonyl (C=O) groups excluding carboxylic acids is 1. The van der Waals surface area contributed by atoms with E-state index >= 15 is 0 Å². The fourth-order valence-electron chi connectivity index (χ4n) is 2.38. The molecule has 0 amide bonds. The minimum atomic E-state index is 0.108. The van der Waals surface area contributed by atoms with Crippen LogP contribution in [0, 0.1) is 6.92 Å². The summed E-state index contributed by atoms with van der Waals surface area (Å²) >= 11 is 1.51. The zero-order valence-corrected chi connectivity index (χ0v) is 12.8. The number of carbonyl (C=O) groups is 1. The number of hydrogen-bond acceptors (Lipinski definition) is 5. The molecule has 0 aliphatic carbocycles. The highest BCUT2D eigenvalue weighted by molar-refractivity contribution is 7.17. The molecule has 0 bridgehead atoms. The van der Waals surface area contributed by atoms with Crippen LogP contribution < -0.4 is 4.90 Å². The van der Waals surface area contributed by atoms with E-state index in [-0.39, 0.29) is 5.78 Å². The van der Waals surface area contributed by atoms with Crippen molar-refractivity contribution >= 4 is 22.3 Å². The lowest BCUT2D eigenvalue weighted by atomic mass is 10.1. The molecule has 1 aliphatic rings. The van der Waals surface area contributed by atoms with Gasteiger partial charge in [0.1, 0.15) is 0 Å². The van der Waals surface area contributed by atoms with E-state index < -0.39 is 0 Å². The minimum Gasteiger partial charge on any atom is -0.376 e. The van der Waals surface area contributed by atoms with Crippen molar-refractivity contribution in [2.24, 2.45) is 0 Å². The van der Waals surface area contributed by atoms with Crippen molar-refractivity contribution in [1.82, 2.24) is 4.98 Å². The summed E-state index contributed by atoms with van der Waals surface area (Å²) in [7, 11) is 0. The summed E-state index contributed by atoms with van der Waals surface area (Å²) in [5, 5.41) is 0.965. The highest BCUT2D eigenvalue weighted by Crippen LogP contribution is 2.29. The molecule has 0 N–H and O–H groups in total. The number of piperidine rings is 1. The van der Waals surface area contributed by atoms with E-state index in [0.29, 0.717) is 6.10 Å². The lowest BCUT2D eigenvalue weighted by Crippen LogP contribution is -2.39. The lowest BCUT2D eigenvalue weighted by Gasteiger charge is -2.32. The van der Waals surface area contributed by atoms with Crippen molar-refractivity contribution < 1.29 is 9.53 Å². The largest absolute Gasteiger partial charge is 0.376 e. The van der Waals surface area contributed by atoms with Crippen molar-refractivity contribution in [3.8, 4) is 0 Å². The van der Waals surface area contributed by atoms with Crippen molar-refractivity contribution in [1.29, 1.82) is 0 Å². The Morgan fingerprint density at radius 2 is 2.37 bits per heavy atom. The Hall–Kier alpha value is -0.940. The fourth-order valence-corrected chi connectivity index (χ4v) is 3.37. The quantitative estimate of drug-likeness (QED) is 0.778.